The van der Waals surface area contributed by atoms with Crippen LogP contribution in [-0.4, -0.2) is 55.7 Å². The number of nitrogens with zero attached hydrogens (tertiary/aromatic N) is 2. The van der Waals surface area contributed by atoms with E-state index < -0.39 is 15.9 Å². The van der Waals surface area contributed by atoms with Gasteiger partial charge in [0.2, 0.25) is 15.9 Å². The van der Waals surface area contributed by atoms with Crippen molar-refractivity contribution in [2.75, 3.05) is 25.5 Å². The van der Waals surface area contributed by atoms with E-state index in [9.17, 15) is 18.0 Å². The zero-order chi connectivity index (χ0) is 24.3. The minimum atomic E-state index is -3.82. The molecule has 0 bridgehead atoms. The summed E-state index contributed by atoms with van der Waals surface area (Å²) in [5, 5.41) is 2.85. The first kappa shape index (κ1) is 24.2. The number of carbonyl (C=O) groups excluding carboxylic acids is 2. The van der Waals surface area contributed by atoms with Gasteiger partial charge in [-0.05, 0) is 62.1 Å². The number of sulfonamides is 1. The van der Waals surface area contributed by atoms with E-state index in [1.807, 2.05) is 30.0 Å². The number of hydrogen-bond acceptors (Lipinski definition) is 5. The molecule has 8 nitrogen and oxygen atoms in total. The Morgan fingerprint density at radius 3 is 2.65 bits per heavy atom. The summed E-state index contributed by atoms with van der Waals surface area (Å²) in [6, 6.07) is 11.7. The number of hydrogen-bond donors (Lipinski definition) is 1. The molecule has 9 heteroatoms. The number of ether oxygens (including phenoxy) is 1. The highest BCUT2D eigenvalue weighted by Gasteiger charge is 2.33. The van der Waals surface area contributed by atoms with Gasteiger partial charge < -0.3 is 15.0 Å². The molecule has 2 aromatic rings. The molecule has 0 aromatic heterocycles. The van der Waals surface area contributed by atoms with Crippen LogP contribution >= 0.6 is 0 Å². The summed E-state index contributed by atoms with van der Waals surface area (Å²) in [4.78, 5) is 26.7. The van der Waals surface area contributed by atoms with Crippen LogP contribution in [0.2, 0.25) is 0 Å². The molecule has 182 valence electrons. The average molecular weight is 486 g/mol. The summed E-state index contributed by atoms with van der Waals surface area (Å²) in [5.74, 6) is -0.0590. The van der Waals surface area contributed by atoms with Crippen LogP contribution in [0.15, 0.2) is 47.4 Å². The van der Waals surface area contributed by atoms with Gasteiger partial charge in [0.15, 0.2) is 0 Å². The second kappa shape index (κ2) is 10.1. The highest BCUT2D eigenvalue weighted by molar-refractivity contribution is 7.89. The molecule has 2 aliphatic heterocycles. The fourth-order valence-electron chi connectivity index (χ4n) is 4.62. The van der Waals surface area contributed by atoms with Crippen molar-refractivity contribution in [3.8, 4) is 5.75 Å². The van der Waals surface area contributed by atoms with Gasteiger partial charge in [-0.3, -0.25) is 9.59 Å². The van der Waals surface area contributed by atoms with Crippen LogP contribution in [0.4, 0.5) is 5.69 Å². The van der Waals surface area contributed by atoms with Gasteiger partial charge in [-0.25, -0.2) is 8.42 Å². The largest absolute Gasteiger partial charge is 0.495 e. The maximum Gasteiger partial charge on any atom is 0.255 e. The van der Waals surface area contributed by atoms with Gasteiger partial charge in [0.25, 0.3) is 5.91 Å². The van der Waals surface area contributed by atoms with E-state index in [4.69, 9.17) is 4.74 Å². The van der Waals surface area contributed by atoms with Crippen LogP contribution in [0.25, 0.3) is 0 Å². The van der Waals surface area contributed by atoms with Gasteiger partial charge in [-0.1, -0.05) is 18.6 Å². The number of nitrogens with one attached hydrogen (secondary N) is 1. The Bertz CT molecular complexity index is 1180. The standard InChI is InChI=1S/C25H31N3O5S/c1-18-7-3-4-14-28(18)34(31,32)23-16-20(11-12-22(23)33-2)25(30)26-21-9-5-8-19(15-21)17-27-13-6-10-24(27)29/h5,8-9,11-12,15-16,18H,3-4,6-7,10,13-14,17H2,1-2H3,(H,26,30). The quantitative estimate of drug-likeness (QED) is 0.646. The number of piperidine rings is 1. The van der Waals surface area contributed by atoms with Crippen molar-refractivity contribution >= 4 is 27.5 Å². The molecule has 2 fully saturated rings. The van der Waals surface area contributed by atoms with E-state index >= 15 is 0 Å². The first-order valence-corrected chi connectivity index (χ1v) is 13.1. The predicted octanol–water partition coefficient (Wildman–Crippen LogP) is 3.63. The summed E-state index contributed by atoms with van der Waals surface area (Å²) in [5.41, 5.74) is 1.73. The van der Waals surface area contributed by atoms with E-state index in [2.05, 4.69) is 5.32 Å². The van der Waals surface area contributed by atoms with E-state index in [1.54, 1.807) is 12.1 Å². The summed E-state index contributed by atoms with van der Waals surface area (Å²) >= 11 is 0. The Labute approximate surface area is 200 Å². The molecule has 1 atom stereocenters. The molecule has 0 spiro atoms. The van der Waals surface area contributed by atoms with Crippen molar-refractivity contribution in [1.29, 1.82) is 0 Å². The maximum absolute atomic E-state index is 13.4. The zero-order valence-corrected chi connectivity index (χ0v) is 20.4. The topological polar surface area (TPSA) is 96.0 Å². The average Bonchev–Trinajstić information content (AvgIpc) is 3.23. The highest BCUT2D eigenvalue weighted by Crippen LogP contribution is 2.32. The monoisotopic (exact) mass is 485 g/mol. The molecule has 34 heavy (non-hydrogen) atoms. The van der Waals surface area contributed by atoms with Crippen molar-refractivity contribution in [3.05, 3.63) is 53.6 Å². The summed E-state index contributed by atoms with van der Waals surface area (Å²) in [6.45, 7) is 3.60. The van der Waals surface area contributed by atoms with Crippen LogP contribution in [0.1, 0.15) is 54.9 Å². The van der Waals surface area contributed by atoms with Gasteiger partial charge in [-0.15, -0.1) is 0 Å². The van der Waals surface area contributed by atoms with Gasteiger partial charge in [0.1, 0.15) is 10.6 Å². The predicted molar refractivity (Wildman–Crippen MR) is 129 cm³/mol. The minimum Gasteiger partial charge on any atom is -0.495 e. The molecule has 2 amide bonds. The van der Waals surface area contributed by atoms with Crippen molar-refractivity contribution in [3.63, 3.8) is 0 Å². The van der Waals surface area contributed by atoms with E-state index in [0.29, 0.717) is 25.2 Å². The fourth-order valence-corrected chi connectivity index (χ4v) is 6.50. The van der Waals surface area contributed by atoms with Crippen LogP contribution in [0, 0.1) is 0 Å². The smallest absolute Gasteiger partial charge is 0.255 e. The SMILES string of the molecule is COc1ccc(C(=O)Nc2cccc(CN3CCCC3=O)c2)cc1S(=O)(=O)N1CCCCC1C. The number of methoxy groups -OCH3 is 1. The van der Waals surface area contributed by atoms with Crippen molar-refractivity contribution in [2.24, 2.45) is 0 Å². The van der Waals surface area contributed by atoms with Gasteiger partial charge in [-0.2, -0.15) is 4.31 Å². The molecular weight excluding hydrogens is 454 g/mol. The fraction of sp³-hybridized carbons (Fsp3) is 0.440. The number of amides is 2. The second-order valence-corrected chi connectivity index (χ2v) is 10.8. The third-order valence-electron chi connectivity index (χ3n) is 6.48. The molecule has 1 N–H and O–H groups in total. The molecule has 2 aromatic carbocycles. The lowest BCUT2D eigenvalue weighted by molar-refractivity contribution is -0.128. The molecule has 2 heterocycles. The molecular formula is C25H31N3O5S. The Balaban J connectivity index is 1.55. The first-order valence-electron chi connectivity index (χ1n) is 11.7. The van der Waals surface area contributed by atoms with E-state index in [0.717, 1.165) is 37.8 Å². The first-order chi connectivity index (χ1) is 16.3. The zero-order valence-electron chi connectivity index (χ0n) is 19.6. The number of benzene rings is 2. The lowest BCUT2D eigenvalue weighted by atomic mass is 10.1. The Morgan fingerprint density at radius 1 is 1.12 bits per heavy atom. The van der Waals surface area contributed by atoms with Gasteiger partial charge >= 0.3 is 0 Å². The molecule has 2 saturated heterocycles. The summed E-state index contributed by atoms with van der Waals surface area (Å²) in [7, 11) is -2.40. The third-order valence-corrected chi connectivity index (χ3v) is 8.52. The normalized spacial score (nSPS) is 19.3. The highest BCUT2D eigenvalue weighted by atomic mass is 32.2. The lowest BCUT2D eigenvalue weighted by Crippen LogP contribution is -2.42. The number of anilines is 1. The third kappa shape index (κ3) is 5.10. The molecule has 0 saturated carbocycles. The van der Waals surface area contributed by atoms with Crippen LogP contribution < -0.4 is 10.1 Å². The Morgan fingerprint density at radius 2 is 1.94 bits per heavy atom. The van der Waals surface area contributed by atoms with Crippen LogP contribution in [0.3, 0.4) is 0 Å². The molecule has 4 rings (SSSR count). The van der Waals surface area contributed by atoms with E-state index in [1.165, 1.54) is 23.5 Å². The lowest BCUT2D eigenvalue weighted by Gasteiger charge is -2.32. The second-order valence-electron chi connectivity index (χ2n) is 8.90. The molecule has 2 aliphatic rings. The number of rotatable bonds is 7. The van der Waals surface area contributed by atoms with Crippen molar-refractivity contribution in [2.45, 2.75) is 56.5 Å². The van der Waals surface area contributed by atoms with Crippen molar-refractivity contribution in [1.82, 2.24) is 9.21 Å². The number of carbonyl (C=O) groups is 2. The summed E-state index contributed by atoms with van der Waals surface area (Å²) < 4.78 is 33.7. The van der Waals surface area contributed by atoms with E-state index in [-0.39, 0.29) is 28.2 Å². The van der Waals surface area contributed by atoms with Gasteiger partial charge in [0.05, 0.1) is 7.11 Å². The molecule has 0 radical (unpaired) electrons. The minimum absolute atomic E-state index is 0.00213. The summed E-state index contributed by atoms with van der Waals surface area (Å²) in [6.07, 6.45) is 4.06. The van der Waals surface area contributed by atoms with Crippen LogP contribution in [0.5, 0.6) is 5.75 Å². The Hall–Kier alpha value is -2.91. The maximum atomic E-state index is 13.4. The molecule has 0 aliphatic carbocycles. The molecule has 1 unspecified atom stereocenters. The van der Waals surface area contributed by atoms with Gasteiger partial charge in [0, 0.05) is 43.3 Å². The van der Waals surface area contributed by atoms with Crippen molar-refractivity contribution < 1.29 is 22.7 Å². The van der Waals surface area contributed by atoms with Crippen LogP contribution in [-0.2, 0) is 21.4 Å². The number of likely N-dealkylation sites (tertiary alicyclic amines) is 1. The Kier molecular flexibility index (Phi) is 7.23.